The van der Waals surface area contributed by atoms with Crippen molar-refractivity contribution >= 4 is 27.8 Å². The molecule has 5 heteroatoms. The minimum absolute atomic E-state index is 0.0823. The topological polar surface area (TPSA) is 46.6 Å². The highest BCUT2D eigenvalue weighted by atomic mass is 79.9. The zero-order valence-corrected chi connectivity index (χ0v) is 14.0. The highest BCUT2D eigenvalue weighted by Crippen LogP contribution is 2.44. The Morgan fingerprint density at radius 1 is 1.29 bits per heavy atom. The molecule has 0 aromatic heterocycles. The SMILES string of the molecule is CCOC(=O)C1(N(Cc2ccc(C)cc2)C(=O)CBr)CC1. The number of carbonyl (C=O) groups is 2. The standard InChI is InChI=1S/C16H20BrNO3/c1-3-21-15(20)16(8-9-16)18(14(19)10-17)11-13-6-4-12(2)5-7-13/h4-7H,3,8-11H2,1-2H3. The van der Waals surface area contributed by atoms with Crippen molar-refractivity contribution in [3.8, 4) is 0 Å². The first-order valence-electron chi connectivity index (χ1n) is 7.12. The molecule has 1 aliphatic rings. The van der Waals surface area contributed by atoms with Crippen LogP contribution in [0.25, 0.3) is 0 Å². The van der Waals surface area contributed by atoms with Gasteiger partial charge < -0.3 is 9.64 Å². The van der Waals surface area contributed by atoms with Crippen molar-refractivity contribution in [2.24, 2.45) is 0 Å². The van der Waals surface area contributed by atoms with E-state index in [2.05, 4.69) is 15.9 Å². The normalized spacial score (nSPS) is 15.4. The van der Waals surface area contributed by atoms with Crippen molar-refractivity contribution in [1.29, 1.82) is 0 Å². The summed E-state index contributed by atoms with van der Waals surface area (Å²) >= 11 is 3.21. The Balaban J connectivity index is 2.21. The maximum atomic E-state index is 12.2. The molecule has 0 radical (unpaired) electrons. The smallest absolute Gasteiger partial charge is 0.332 e. The first-order valence-corrected chi connectivity index (χ1v) is 8.25. The number of aryl methyl sites for hydroxylation is 1. The van der Waals surface area contributed by atoms with Gasteiger partial charge in [-0.15, -0.1) is 0 Å². The fraction of sp³-hybridized carbons (Fsp3) is 0.500. The van der Waals surface area contributed by atoms with E-state index in [1.54, 1.807) is 11.8 Å². The third-order valence-corrected chi connectivity index (χ3v) is 4.25. The average molecular weight is 354 g/mol. The minimum atomic E-state index is -0.758. The van der Waals surface area contributed by atoms with Crippen molar-refractivity contribution in [3.63, 3.8) is 0 Å². The van der Waals surface area contributed by atoms with Gasteiger partial charge in [0.1, 0.15) is 5.54 Å². The molecule has 2 rings (SSSR count). The third kappa shape index (κ3) is 3.46. The van der Waals surface area contributed by atoms with Crippen LogP contribution in [0.5, 0.6) is 0 Å². The quantitative estimate of drug-likeness (QED) is 0.583. The Morgan fingerprint density at radius 3 is 2.38 bits per heavy atom. The van der Waals surface area contributed by atoms with Crippen molar-refractivity contribution in [2.75, 3.05) is 11.9 Å². The van der Waals surface area contributed by atoms with Gasteiger partial charge in [-0.2, -0.15) is 0 Å². The first-order chi connectivity index (χ1) is 10.0. The van der Waals surface area contributed by atoms with Gasteiger partial charge >= 0.3 is 5.97 Å². The maximum absolute atomic E-state index is 12.2. The van der Waals surface area contributed by atoms with Gasteiger partial charge in [-0.25, -0.2) is 4.79 Å². The third-order valence-electron chi connectivity index (χ3n) is 3.77. The van der Waals surface area contributed by atoms with E-state index >= 15 is 0 Å². The Morgan fingerprint density at radius 2 is 1.90 bits per heavy atom. The Labute approximate surface area is 133 Å². The molecular weight excluding hydrogens is 334 g/mol. The molecule has 1 amide bonds. The summed E-state index contributed by atoms with van der Waals surface area (Å²) in [6, 6.07) is 8.00. The number of amides is 1. The highest BCUT2D eigenvalue weighted by molar-refractivity contribution is 9.09. The monoisotopic (exact) mass is 353 g/mol. The van der Waals surface area contributed by atoms with E-state index in [1.807, 2.05) is 31.2 Å². The molecule has 0 bridgehead atoms. The fourth-order valence-electron chi connectivity index (χ4n) is 2.39. The van der Waals surface area contributed by atoms with Crippen LogP contribution in [0.4, 0.5) is 0 Å². The summed E-state index contributed by atoms with van der Waals surface area (Å²) in [7, 11) is 0. The van der Waals surface area contributed by atoms with Gasteiger partial charge in [0.15, 0.2) is 0 Å². The zero-order valence-electron chi connectivity index (χ0n) is 12.4. The van der Waals surface area contributed by atoms with Crippen molar-refractivity contribution in [3.05, 3.63) is 35.4 Å². The number of alkyl halides is 1. The summed E-state index contributed by atoms with van der Waals surface area (Å²) in [5, 5.41) is 0.208. The molecule has 0 heterocycles. The Hall–Kier alpha value is -1.36. The van der Waals surface area contributed by atoms with Crippen molar-refractivity contribution < 1.29 is 14.3 Å². The van der Waals surface area contributed by atoms with E-state index in [-0.39, 0.29) is 17.2 Å². The van der Waals surface area contributed by atoms with Crippen LogP contribution < -0.4 is 0 Å². The van der Waals surface area contributed by atoms with E-state index in [0.29, 0.717) is 26.0 Å². The van der Waals surface area contributed by atoms with Crippen LogP contribution in [0.1, 0.15) is 30.9 Å². The predicted octanol–water partition coefficient (Wildman–Crippen LogP) is 2.81. The lowest BCUT2D eigenvalue weighted by Crippen LogP contribution is -2.48. The number of hydrogen-bond acceptors (Lipinski definition) is 3. The van der Waals surface area contributed by atoms with Gasteiger partial charge in [0, 0.05) is 6.54 Å². The molecule has 1 aliphatic carbocycles. The number of halogens is 1. The van der Waals surface area contributed by atoms with Crippen LogP contribution in [0.15, 0.2) is 24.3 Å². The second-order valence-corrected chi connectivity index (χ2v) is 5.91. The van der Waals surface area contributed by atoms with Crippen LogP contribution in [0, 0.1) is 6.92 Å². The molecule has 0 saturated heterocycles. The van der Waals surface area contributed by atoms with Crippen LogP contribution in [-0.4, -0.2) is 34.3 Å². The highest BCUT2D eigenvalue weighted by Gasteiger charge is 2.57. The molecule has 0 atom stereocenters. The van der Waals surface area contributed by atoms with Gasteiger partial charge in [-0.1, -0.05) is 45.8 Å². The molecule has 0 N–H and O–H groups in total. The number of nitrogens with zero attached hydrogens (tertiary/aromatic N) is 1. The maximum Gasteiger partial charge on any atom is 0.332 e. The number of benzene rings is 1. The molecule has 0 spiro atoms. The summed E-state index contributed by atoms with van der Waals surface area (Å²) < 4.78 is 5.15. The molecule has 21 heavy (non-hydrogen) atoms. The Bertz CT molecular complexity index is 523. The van der Waals surface area contributed by atoms with Gasteiger partial charge in [0.25, 0.3) is 0 Å². The first kappa shape index (κ1) is 16.0. The number of esters is 1. The zero-order chi connectivity index (χ0) is 15.5. The molecule has 114 valence electrons. The molecule has 1 aromatic carbocycles. The van der Waals surface area contributed by atoms with Gasteiger partial charge in [0.2, 0.25) is 5.91 Å². The fourth-order valence-corrected chi connectivity index (χ4v) is 2.70. The lowest BCUT2D eigenvalue weighted by Gasteiger charge is -2.30. The van der Waals surface area contributed by atoms with Gasteiger partial charge in [0.05, 0.1) is 11.9 Å². The second kappa shape index (κ2) is 6.60. The Kier molecular flexibility index (Phi) is 5.04. The number of ether oxygens (including phenoxy) is 1. The van der Waals surface area contributed by atoms with E-state index < -0.39 is 5.54 Å². The number of rotatable bonds is 6. The van der Waals surface area contributed by atoms with Gasteiger partial charge in [-0.3, -0.25) is 4.79 Å². The van der Waals surface area contributed by atoms with Crippen LogP contribution in [-0.2, 0) is 20.9 Å². The molecule has 1 saturated carbocycles. The summed E-state index contributed by atoms with van der Waals surface area (Å²) in [5.41, 5.74) is 1.43. The minimum Gasteiger partial charge on any atom is -0.464 e. The lowest BCUT2D eigenvalue weighted by atomic mass is 10.1. The van der Waals surface area contributed by atoms with Crippen molar-refractivity contribution in [1.82, 2.24) is 4.90 Å². The van der Waals surface area contributed by atoms with E-state index in [4.69, 9.17) is 4.74 Å². The van der Waals surface area contributed by atoms with E-state index in [0.717, 1.165) is 5.56 Å². The van der Waals surface area contributed by atoms with Gasteiger partial charge in [-0.05, 0) is 32.3 Å². The predicted molar refractivity (Wildman–Crippen MR) is 84.1 cm³/mol. The summed E-state index contributed by atoms with van der Waals surface area (Å²) in [5.74, 6) is -0.368. The van der Waals surface area contributed by atoms with Crippen LogP contribution >= 0.6 is 15.9 Å². The summed E-state index contributed by atoms with van der Waals surface area (Å²) in [4.78, 5) is 26.1. The number of carbonyl (C=O) groups excluding carboxylic acids is 2. The molecule has 1 fully saturated rings. The van der Waals surface area contributed by atoms with E-state index in [1.165, 1.54) is 5.56 Å². The molecule has 1 aromatic rings. The molecule has 0 aliphatic heterocycles. The second-order valence-electron chi connectivity index (χ2n) is 5.35. The lowest BCUT2D eigenvalue weighted by molar-refractivity contribution is -0.156. The van der Waals surface area contributed by atoms with Crippen molar-refractivity contribution in [2.45, 2.75) is 38.8 Å². The largest absolute Gasteiger partial charge is 0.464 e. The summed E-state index contributed by atoms with van der Waals surface area (Å²) in [6.45, 7) is 4.57. The van der Waals surface area contributed by atoms with E-state index in [9.17, 15) is 9.59 Å². The van der Waals surface area contributed by atoms with Crippen LogP contribution in [0.3, 0.4) is 0 Å². The molecular formula is C16H20BrNO3. The summed E-state index contributed by atoms with van der Waals surface area (Å²) in [6.07, 6.45) is 1.35. The van der Waals surface area contributed by atoms with Crippen LogP contribution in [0.2, 0.25) is 0 Å². The molecule has 4 nitrogen and oxygen atoms in total. The average Bonchev–Trinajstić information content (AvgIpc) is 3.28. The molecule has 0 unspecified atom stereocenters. The number of hydrogen-bond donors (Lipinski definition) is 0.